The number of anilines is 1. The zero-order valence-corrected chi connectivity index (χ0v) is 14.6. The normalized spacial score (nSPS) is 12.3. The van der Waals surface area contributed by atoms with Crippen LogP contribution >= 0.6 is 0 Å². The van der Waals surface area contributed by atoms with E-state index in [1.54, 1.807) is 13.0 Å². The number of nitrogens with two attached hydrogens (primary N) is 1. The van der Waals surface area contributed by atoms with Crippen LogP contribution in [-0.4, -0.2) is 25.1 Å². The maximum Gasteiger partial charge on any atom is 0.536 e. The summed E-state index contributed by atoms with van der Waals surface area (Å²) in [5.41, 5.74) is 1.05. The van der Waals surface area contributed by atoms with Crippen LogP contribution in [0.5, 0.6) is 0 Å². The van der Waals surface area contributed by atoms with E-state index in [-0.39, 0.29) is 28.2 Å². The molecule has 144 valence electrons. The molecule has 0 aliphatic heterocycles. The van der Waals surface area contributed by atoms with Crippen molar-refractivity contribution in [1.29, 1.82) is 0 Å². The van der Waals surface area contributed by atoms with Gasteiger partial charge in [-0.3, -0.25) is 4.28 Å². The van der Waals surface area contributed by atoms with E-state index in [1.807, 2.05) is 0 Å². The number of halogens is 4. The summed E-state index contributed by atoms with van der Waals surface area (Å²) in [7, 11) is -5.92. The highest BCUT2D eigenvalue weighted by Gasteiger charge is 2.48. The molecular formula is C16H13F4N3O3S. The number of oxime groups is 1. The molecule has 0 bridgehead atoms. The van der Waals surface area contributed by atoms with Gasteiger partial charge in [0.15, 0.2) is 0 Å². The highest BCUT2D eigenvalue weighted by molar-refractivity contribution is 7.87. The first-order valence-corrected chi connectivity index (χ1v) is 8.60. The molecule has 0 unspecified atom stereocenters. The summed E-state index contributed by atoms with van der Waals surface area (Å²) in [4.78, 5) is 4.08. The molecule has 0 spiro atoms. The standard InChI is InChI=1S/C16H13F4N3O3S/c1-3-10-12(21)7-13(15-9(2)5-4-6-11(15)17)23-14(10)8-22-26-27(24,25)16(18,19)20/h3-8H,1H2,2H3,(H2,21,23)/b22-8-. The van der Waals surface area contributed by atoms with Gasteiger partial charge in [-0.15, -0.1) is 0 Å². The molecule has 0 amide bonds. The maximum atomic E-state index is 14.2. The average Bonchev–Trinajstić information content (AvgIpc) is 2.53. The van der Waals surface area contributed by atoms with Crippen molar-refractivity contribution in [2.24, 2.45) is 5.16 Å². The van der Waals surface area contributed by atoms with Crippen LogP contribution in [0, 0.1) is 12.7 Å². The second kappa shape index (κ2) is 7.35. The molecule has 0 aliphatic rings. The molecule has 2 aromatic rings. The smallest absolute Gasteiger partial charge is 0.398 e. The predicted molar refractivity (Wildman–Crippen MR) is 92.5 cm³/mol. The molecule has 0 atom stereocenters. The van der Waals surface area contributed by atoms with Gasteiger partial charge in [-0.25, -0.2) is 9.37 Å². The topological polar surface area (TPSA) is 94.6 Å². The predicted octanol–water partition coefficient (Wildman–Crippen LogP) is 3.62. The maximum absolute atomic E-state index is 14.2. The monoisotopic (exact) mass is 403 g/mol. The molecule has 0 aliphatic carbocycles. The summed E-state index contributed by atoms with van der Waals surface area (Å²) in [6.45, 7) is 5.12. The molecule has 1 aromatic heterocycles. The number of hydrogen-bond donors (Lipinski definition) is 1. The van der Waals surface area contributed by atoms with Crippen LogP contribution in [0.25, 0.3) is 17.3 Å². The number of pyridine rings is 1. The number of nitrogen functional groups attached to an aromatic ring is 1. The first kappa shape index (κ1) is 20.4. The zero-order chi connectivity index (χ0) is 20.4. The van der Waals surface area contributed by atoms with Crippen molar-refractivity contribution >= 4 is 28.1 Å². The Kier molecular flexibility index (Phi) is 5.54. The molecule has 11 heteroatoms. The fourth-order valence-corrected chi connectivity index (χ4v) is 2.41. The third-order valence-electron chi connectivity index (χ3n) is 3.40. The number of aromatic nitrogens is 1. The summed E-state index contributed by atoms with van der Waals surface area (Å²) < 4.78 is 76.2. The van der Waals surface area contributed by atoms with Gasteiger partial charge in [0, 0.05) is 16.8 Å². The minimum absolute atomic E-state index is 0.0776. The number of benzene rings is 1. The van der Waals surface area contributed by atoms with Crippen LogP contribution in [0.4, 0.5) is 23.2 Å². The lowest BCUT2D eigenvalue weighted by Crippen LogP contribution is -2.23. The second-order valence-corrected chi connectivity index (χ2v) is 6.76. The molecule has 0 saturated heterocycles. The van der Waals surface area contributed by atoms with Gasteiger partial charge >= 0.3 is 15.6 Å². The molecule has 2 rings (SSSR count). The lowest BCUT2D eigenvalue weighted by atomic mass is 10.0. The van der Waals surface area contributed by atoms with Crippen LogP contribution in [0.3, 0.4) is 0 Å². The van der Waals surface area contributed by atoms with Crippen molar-refractivity contribution in [2.75, 3.05) is 5.73 Å². The van der Waals surface area contributed by atoms with E-state index >= 15 is 0 Å². The van der Waals surface area contributed by atoms with E-state index in [0.29, 0.717) is 11.8 Å². The molecule has 1 aromatic carbocycles. The fourth-order valence-electron chi connectivity index (χ4n) is 2.17. The average molecular weight is 403 g/mol. The minimum Gasteiger partial charge on any atom is -0.398 e. The van der Waals surface area contributed by atoms with Gasteiger partial charge in [0.2, 0.25) is 0 Å². The highest BCUT2D eigenvalue weighted by Crippen LogP contribution is 2.29. The van der Waals surface area contributed by atoms with E-state index in [1.165, 1.54) is 24.3 Å². The van der Waals surface area contributed by atoms with E-state index in [0.717, 1.165) is 0 Å². The number of aryl methyl sites for hydroxylation is 1. The first-order chi connectivity index (χ1) is 12.5. The van der Waals surface area contributed by atoms with Gasteiger partial charge in [0.05, 0.1) is 17.6 Å². The third-order valence-corrected chi connectivity index (χ3v) is 4.25. The Hall–Kier alpha value is -2.95. The summed E-state index contributed by atoms with van der Waals surface area (Å²) in [5.74, 6) is -0.591. The Morgan fingerprint density at radius 2 is 2.00 bits per heavy atom. The summed E-state index contributed by atoms with van der Waals surface area (Å²) >= 11 is 0. The Labute approximate surface area is 152 Å². The summed E-state index contributed by atoms with van der Waals surface area (Å²) in [6, 6.07) is 5.68. The van der Waals surface area contributed by atoms with E-state index in [9.17, 15) is 26.0 Å². The van der Waals surface area contributed by atoms with Crippen LogP contribution in [0.1, 0.15) is 16.8 Å². The summed E-state index contributed by atoms with van der Waals surface area (Å²) in [6.07, 6.45) is 1.86. The van der Waals surface area contributed by atoms with Gasteiger partial charge in [-0.2, -0.15) is 21.6 Å². The quantitative estimate of drug-likeness (QED) is 0.356. The van der Waals surface area contributed by atoms with Crippen molar-refractivity contribution < 1.29 is 30.3 Å². The van der Waals surface area contributed by atoms with Crippen molar-refractivity contribution in [3.8, 4) is 11.3 Å². The first-order valence-electron chi connectivity index (χ1n) is 7.19. The van der Waals surface area contributed by atoms with E-state index < -0.39 is 21.4 Å². The highest BCUT2D eigenvalue weighted by atomic mass is 32.2. The van der Waals surface area contributed by atoms with Gasteiger partial charge in [0.25, 0.3) is 0 Å². The third kappa shape index (κ3) is 4.25. The zero-order valence-electron chi connectivity index (χ0n) is 13.8. The number of alkyl halides is 3. The van der Waals surface area contributed by atoms with Gasteiger partial charge in [-0.1, -0.05) is 29.9 Å². The second-order valence-electron chi connectivity index (χ2n) is 5.24. The minimum atomic E-state index is -5.92. The number of rotatable bonds is 5. The van der Waals surface area contributed by atoms with Crippen molar-refractivity contribution in [3.63, 3.8) is 0 Å². The van der Waals surface area contributed by atoms with Crippen molar-refractivity contribution in [3.05, 3.63) is 53.5 Å². The SMILES string of the molecule is C=Cc1c(N)cc(-c2c(C)cccc2F)nc1/C=N\OS(=O)(=O)C(F)(F)F. The molecule has 2 N–H and O–H groups in total. The van der Waals surface area contributed by atoms with E-state index in [2.05, 4.69) is 21.0 Å². The van der Waals surface area contributed by atoms with Crippen molar-refractivity contribution in [2.45, 2.75) is 12.4 Å². The van der Waals surface area contributed by atoms with Crippen molar-refractivity contribution in [1.82, 2.24) is 4.98 Å². The van der Waals surface area contributed by atoms with Gasteiger partial charge < -0.3 is 5.73 Å². The lowest BCUT2D eigenvalue weighted by molar-refractivity contribution is -0.0540. The fraction of sp³-hybridized carbons (Fsp3) is 0.125. The van der Waals surface area contributed by atoms with Crippen LogP contribution in [0.2, 0.25) is 0 Å². The molecule has 27 heavy (non-hydrogen) atoms. The molecule has 0 radical (unpaired) electrons. The molecule has 6 nitrogen and oxygen atoms in total. The Balaban J connectivity index is 2.52. The molecule has 0 fully saturated rings. The largest absolute Gasteiger partial charge is 0.536 e. The number of nitrogens with zero attached hydrogens (tertiary/aromatic N) is 2. The van der Waals surface area contributed by atoms with Gasteiger partial charge in [-0.05, 0) is 24.6 Å². The van der Waals surface area contributed by atoms with Crippen LogP contribution in [-0.2, 0) is 14.4 Å². The molecular weight excluding hydrogens is 390 g/mol. The number of hydrogen-bond acceptors (Lipinski definition) is 6. The summed E-state index contributed by atoms with van der Waals surface area (Å²) in [5, 5.41) is 2.82. The van der Waals surface area contributed by atoms with E-state index in [4.69, 9.17) is 5.73 Å². The van der Waals surface area contributed by atoms with Crippen LogP contribution < -0.4 is 5.73 Å². The Bertz CT molecular complexity index is 998. The lowest BCUT2D eigenvalue weighted by Gasteiger charge is -2.11. The Morgan fingerprint density at radius 3 is 2.56 bits per heavy atom. The van der Waals surface area contributed by atoms with Crippen LogP contribution in [0.15, 0.2) is 36.0 Å². The molecule has 0 saturated carbocycles. The molecule has 1 heterocycles. The van der Waals surface area contributed by atoms with Gasteiger partial charge in [0.1, 0.15) is 5.82 Å². The Morgan fingerprint density at radius 1 is 1.33 bits per heavy atom.